The number of halogens is 3. The first-order valence-electron chi connectivity index (χ1n) is 16.3. The van der Waals surface area contributed by atoms with Crippen LogP contribution in [0.15, 0.2) is 29.1 Å². The van der Waals surface area contributed by atoms with Crippen LogP contribution in [0.1, 0.15) is 53.0 Å². The number of hydrogen-bond donors (Lipinski definition) is 0. The minimum absolute atomic E-state index is 0.0785. The lowest BCUT2D eigenvalue weighted by molar-refractivity contribution is 0.0218. The van der Waals surface area contributed by atoms with E-state index in [9.17, 15) is 14.0 Å². The van der Waals surface area contributed by atoms with Crippen molar-refractivity contribution in [1.29, 1.82) is 0 Å². The fourth-order valence-electron chi connectivity index (χ4n) is 7.48. The summed E-state index contributed by atoms with van der Waals surface area (Å²) < 4.78 is 48.5. The van der Waals surface area contributed by atoms with Crippen LogP contribution in [0, 0.1) is 11.6 Å². The van der Waals surface area contributed by atoms with Gasteiger partial charge >= 0.3 is 11.8 Å². The molecule has 1 amide bonds. The Morgan fingerprint density at radius 2 is 1.96 bits per heavy atom. The zero-order chi connectivity index (χ0) is 33.2. The molecule has 0 spiro atoms. The zero-order valence-electron chi connectivity index (χ0n) is 27.1. The molecule has 2 bridgehead atoms. The summed E-state index contributed by atoms with van der Waals surface area (Å²) in [7, 11) is 0. The van der Waals surface area contributed by atoms with Crippen LogP contribution in [0.3, 0.4) is 0 Å². The minimum atomic E-state index is -0.785. The molecule has 5 heterocycles. The Labute approximate surface area is 277 Å². The standard InChI is InChI=1S/C34H40ClF2N5O5/c1-19-15-40(33(44)47-34(2,3)4)10-11-41(19)31-25-14-26(35)28(24-8-7-20(36)12-27(24)37)30-29(25)42(32(43)38-31)21(17-46-30)6-5-9-39-16-23-13-22(39)18-45-23/h7-8,12,14,19,21-23H,5-6,9-11,13,15-18H2,1-4H3/t19-,21+,22-,23-/m0/s1. The van der Waals surface area contributed by atoms with Gasteiger partial charge in [0.25, 0.3) is 0 Å². The van der Waals surface area contributed by atoms with E-state index < -0.39 is 29.0 Å². The van der Waals surface area contributed by atoms with Crippen molar-refractivity contribution in [3.05, 3.63) is 51.4 Å². The van der Waals surface area contributed by atoms with Gasteiger partial charge in [-0.3, -0.25) is 9.47 Å². The van der Waals surface area contributed by atoms with Crippen molar-refractivity contribution < 1.29 is 27.8 Å². The molecule has 47 heavy (non-hydrogen) atoms. The fraction of sp³-hybridized carbons (Fsp3) is 0.559. The van der Waals surface area contributed by atoms with Crippen molar-refractivity contribution in [1.82, 2.24) is 19.4 Å². The van der Waals surface area contributed by atoms with Crippen LogP contribution in [-0.2, 0) is 9.47 Å². The Morgan fingerprint density at radius 3 is 2.64 bits per heavy atom. The number of ether oxygens (including phenoxy) is 3. The summed E-state index contributed by atoms with van der Waals surface area (Å²) in [5.74, 6) is -0.807. The van der Waals surface area contributed by atoms with Gasteiger partial charge < -0.3 is 24.0 Å². The van der Waals surface area contributed by atoms with Crippen molar-refractivity contribution in [3.63, 3.8) is 0 Å². The van der Waals surface area contributed by atoms with Crippen molar-refractivity contribution in [2.24, 2.45) is 0 Å². The van der Waals surface area contributed by atoms with Gasteiger partial charge in [-0.05, 0) is 71.7 Å². The van der Waals surface area contributed by atoms with Crippen LogP contribution in [0.25, 0.3) is 22.0 Å². The molecule has 0 saturated carbocycles. The van der Waals surface area contributed by atoms with E-state index >= 15 is 4.39 Å². The molecule has 3 fully saturated rings. The lowest BCUT2D eigenvalue weighted by Gasteiger charge is -2.41. The van der Waals surface area contributed by atoms with E-state index in [0.717, 1.165) is 38.6 Å². The number of nitrogens with zero attached hydrogens (tertiary/aromatic N) is 5. The second kappa shape index (κ2) is 12.2. The molecular weight excluding hydrogens is 632 g/mol. The maximum atomic E-state index is 15.2. The van der Waals surface area contributed by atoms with Gasteiger partial charge in [0.2, 0.25) is 0 Å². The molecule has 0 N–H and O–H groups in total. The number of benzene rings is 2. The molecule has 4 aliphatic heterocycles. The molecular formula is C34H40ClF2N5O5. The highest BCUT2D eigenvalue weighted by molar-refractivity contribution is 6.35. The zero-order valence-corrected chi connectivity index (χ0v) is 27.9. The van der Waals surface area contributed by atoms with E-state index in [0.29, 0.717) is 54.9 Å². The lowest BCUT2D eigenvalue weighted by atomic mass is 9.98. The molecule has 0 aliphatic carbocycles. The van der Waals surface area contributed by atoms with Crippen molar-refractivity contribution >= 4 is 34.4 Å². The van der Waals surface area contributed by atoms with Crippen LogP contribution >= 0.6 is 11.6 Å². The fourth-order valence-corrected chi connectivity index (χ4v) is 7.78. The average Bonchev–Trinajstić information content (AvgIpc) is 3.63. The van der Waals surface area contributed by atoms with Crippen LogP contribution in [-0.4, -0.2) is 95.2 Å². The van der Waals surface area contributed by atoms with Gasteiger partial charge in [-0.25, -0.2) is 18.4 Å². The first-order chi connectivity index (χ1) is 22.4. The quantitative estimate of drug-likeness (QED) is 0.334. The molecule has 4 aliphatic rings. The third-order valence-electron chi connectivity index (χ3n) is 9.63. The predicted molar refractivity (Wildman–Crippen MR) is 174 cm³/mol. The number of amides is 1. The molecule has 3 saturated heterocycles. The number of morpholine rings is 1. The Kier molecular flexibility index (Phi) is 8.33. The van der Waals surface area contributed by atoms with Crippen molar-refractivity contribution in [2.75, 3.05) is 50.8 Å². The minimum Gasteiger partial charge on any atom is -0.488 e. The highest BCUT2D eigenvalue weighted by atomic mass is 35.5. The summed E-state index contributed by atoms with van der Waals surface area (Å²) >= 11 is 6.89. The topological polar surface area (TPSA) is 89.4 Å². The van der Waals surface area contributed by atoms with Crippen LogP contribution in [0.4, 0.5) is 19.4 Å². The number of rotatable bonds is 6. The number of piperazine rings is 1. The van der Waals surface area contributed by atoms with Crippen LogP contribution in [0.5, 0.6) is 5.75 Å². The monoisotopic (exact) mass is 671 g/mol. The Hall–Kier alpha value is -3.48. The highest BCUT2D eigenvalue weighted by Crippen LogP contribution is 2.47. The Bertz CT molecular complexity index is 1780. The van der Waals surface area contributed by atoms with Gasteiger partial charge in [-0.2, -0.15) is 4.98 Å². The molecule has 7 rings (SSSR count). The van der Waals surface area contributed by atoms with Gasteiger partial charge in [-0.1, -0.05) is 11.6 Å². The SMILES string of the molecule is C[C@H]1CN(C(=O)OC(C)(C)C)CCN1c1nc(=O)n2c3c(c(-c4ccc(F)cc4F)c(Cl)cc13)OC[C@H]2CCCN1C[C@@H]2C[C@H]1CO2. The Morgan fingerprint density at radius 1 is 1.15 bits per heavy atom. The number of likely N-dealkylation sites (tertiary alicyclic amines) is 1. The van der Waals surface area contributed by atoms with Crippen LogP contribution in [0.2, 0.25) is 5.02 Å². The number of aromatic nitrogens is 2. The molecule has 10 nitrogen and oxygen atoms in total. The number of fused-ring (bicyclic) bond motifs is 2. The predicted octanol–water partition coefficient (Wildman–Crippen LogP) is 5.63. The molecule has 3 aromatic rings. The van der Waals surface area contributed by atoms with E-state index in [1.165, 1.54) is 12.1 Å². The van der Waals surface area contributed by atoms with Gasteiger partial charge in [0, 0.05) is 60.8 Å². The summed E-state index contributed by atoms with van der Waals surface area (Å²) in [5.41, 5.74) is -0.243. The van der Waals surface area contributed by atoms with Crippen molar-refractivity contribution in [3.8, 4) is 16.9 Å². The normalized spacial score (nSPS) is 24.2. The number of carbonyl (C=O) groups excluding carboxylic acids is 1. The van der Waals surface area contributed by atoms with E-state index in [-0.39, 0.29) is 40.6 Å². The Balaban J connectivity index is 1.27. The molecule has 4 atom stereocenters. The van der Waals surface area contributed by atoms with E-state index in [1.54, 1.807) is 15.5 Å². The van der Waals surface area contributed by atoms with E-state index in [4.69, 9.17) is 25.8 Å². The van der Waals surface area contributed by atoms with Gasteiger partial charge in [0.1, 0.15) is 29.7 Å². The van der Waals surface area contributed by atoms with Gasteiger partial charge in [-0.15, -0.1) is 0 Å². The largest absolute Gasteiger partial charge is 0.488 e. The smallest absolute Gasteiger partial charge is 0.410 e. The first-order valence-corrected chi connectivity index (χ1v) is 16.7. The lowest BCUT2D eigenvalue weighted by Crippen LogP contribution is -2.55. The summed E-state index contributed by atoms with van der Waals surface area (Å²) in [6.07, 6.45) is 2.51. The maximum Gasteiger partial charge on any atom is 0.410 e. The maximum absolute atomic E-state index is 15.2. The summed E-state index contributed by atoms with van der Waals surface area (Å²) in [5, 5.41) is 0.781. The highest BCUT2D eigenvalue weighted by Gasteiger charge is 2.39. The molecule has 2 aromatic carbocycles. The average molecular weight is 672 g/mol. The third kappa shape index (κ3) is 6.04. The number of hydrogen-bond acceptors (Lipinski definition) is 8. The summed E-state index contributed by atoms with van der Waals surface area (Å²) in [6.45, 7) is 11.3. The van der Waals surface area contributed by atoms with Crippen LogP contribution < -0.4 is 15.3 Å². The molecule has 252 valence electrons. The number of anilines is 1. The molecule has 1 aromatic heterocycles. The van der Waals surface area contributed by atoms with Gasteiger partial charge in [0.05, 0.1) is 29.3 Å². The number of carbonyl (C=O) groups is 1. The molecule has 13 heteroatoms. The van der Waals surface area contributed by atoms with E-state index in [1.807, 2.05) is 32.6 Å². The second-order valence-electron chi connectivity index (χ2n) is 14.1. The first kappa shape index (κ1) is 32.1. The molecule has 0 radical (unpaired) electrons. The molecule has 0 unspecified atom stereocenters. The summed E-state index contributed by atoms with van der Waals surface area (Å²) in [6, 6.07) is 4.94. The third-order valence-corrected chi connectivity index (χ3v) is 9.93. The van der Waals surface area contributed by atoms with E-state index in [2.05, 4.69) is 9.88 Å². The summed E-state index contributed by atoms with van der Waals surface area (Å²) in [4.78, 5) is 37.6. The second-order valence-corrected chi connectivity index (χ2v) is 14.5. The van der Waals surface area contributed by atoms with Gasteiger partial charge in [0.15, 0.2) is 5.75 Å². The van der Waals surface area contributed by atoms with Crippen molar-refractivity contribution in [2.45, 2.75) is 76.8 Å².